The van der Waals surface area contributed by atoms with Gasteiger partial charge in [0.15, 0.2) is 0 Å². The number of allylic oxidation sites excluding steroid dienone is 1. The molecular weight excluding hydrogens is 268 g/mol. The van der Waals surface area contributed by atoms with E-state index in [0.717, 1.165) is 0 Å². The molecule has 0 nitrogen and oxygen atoms in total. The van der Waals surface area contributed by atoms with Gasteiger partial charge in [0.25, 0.3) is 0 Å². The van der Waals surface area contributed by atoms with E-state index in [1.807, 2.05) is 6.92 Å². The number of hydrogen-bond donors (Lipinski definition) is 0. The van der Waals surface area contributed by atoms with Gasteiger partial charge in [0.2, 0.25) is 0 Å². The largest absolute Gasteiger partial charge is 0.103 e. The van der Waals surface area contributed by atoms with E-state index in [2.05, 4.69) is 6.58 Å². The van der Waals surface area contributed by atoms with Crippen LogP contribution in [0.15, 0.2) is 12.7 Å². The van der Waals surface area contributed by atoms with Gasteiger partial charge in [-0.2, -0.15) is 0 Å². The van der Waals surface area contributed by atoms with Gasteiger partial charge < -0.3 is 0 Å². The van der Waals surface area contributed by atoms with Gasteiger partial charge in [0, 0.05) is 39.9 Å². The maximum absolute atomic E-state index is 3.36. The summed E-state index contributed by atoms with van der Waals surface area (Å²) < 4.78 is 0. The summed E-state index contributed by atoms with van der Waals surface area (Å²) in [6, 6.07) is 0. The Kier molecular flexibility index (Phi) is 19.9. The average molecular weight is 274 g/mol. The maximum atomic E-state index is 3.36. The monoisotopic (exact) mass is 274 g/mol. The first-order chi connectivity index (χ1) is 1.41. The molecule has 4 heavy (non-hydrogen) atoms. The van der Waals surface area contributed by atoms with Crippen LogP contribution in [0.1, 0.15) is 6.92 Å². The first-order valence-electron chi connectivity index (χ1n) is 0.986. The van der Waals surface area contributed by atoms with Gasteiger partial charge in [-0.15, -0.1) is 6.58 Å². The summed E-state index contributed by atoms with van der Waals surface area (Å²) in [5.41, 5.74) is 0. The predicted octanol–water partition coefficient (Wildman–Crippen LogP) is 1.19. The molecule has 0 unspecified atom stereocenters. The Labute approximate surface area is 59.0 Å². The summed E-state index contributed by atoms with van der Waals surface area (Å²) in [7, 11) is 0. The zero-order valence-corrected chi connectivity index (χ0v) is 6.89. The van der Waals surface area contributed by atoms with Crippen LogP contribution in [0.5, 0.6) is 0 Å². The van der Waals surface area contributed by atoms with Gasteiger partial charge in [0.1, 0.15) is 0 Å². The molecule has 0 radical (unpaired) electrons. The van der Waals surface area contributed by atoms with Crippen molar-refractivity contribution in [2.75, 3.05) is 0 Å². The van der Waals surface area contributed by atoms with Gasteiger partial charge in [-0.1, -0.05) is 6.08 Å². The maximum Gasteiger partial charge on any atom is 0 e. The third kappa shape index (κ3) is 11.5. The number of hydrogen-bond acceptors (Lipinski definition) is 0. The molecule has 0 bridgehead atoms. The molecule has 0 atom stereocenters. The molecule has 0 rings (SSSR count). The Morgan fingerprint density at radius 1 is 1.75 bits per heavy atom. The molecule has 0 N–H and O–H groups in total. The van der Waals surface area contributed by atoms with Crippen LogP contribution in [0.2, 0.25) is 0 Å². The van der Waals surface area contributed by atoms with Gasteiger partial charge in [-0.3, -0.25) is 0 Å². The van der Waals surface area contributed by atoms with Crippen molar-refractivity contribution < 1.29 is 39.9 Å². The molecule has 0 saturated heterocycles. The smallest absolute Gasteiger partial charge is 0 e. The van der Waals surface area contributed by atoms with Crippen LogP contribution in [-0.4, -0.2) is 0 Å². The zero-order valence-electron chi connectivity index (χ0n) is 2.78. The van der Waals surface area contributed by atoms with Gasteiger partial charge in [-0.25, -0.2) is 0 Å². The minimum atomic E-state index is 0. The minimum Gasteiger partial charge on any atom is -0.103 e. The first-order valence-corrected chi connectivity index (χ1v) is 0.986. The Hall–Kier alpha value is 1.06. The molecule has 0 aromatic carbocycles. The summed E-state index contributed by atoms with van der Waals surface area (Å²) in [5.74, 6) is 0. The normalized spacial score (nSPS) is 3.25. The van der Waals surface area contributed by atoms with Crippen LogP contribution in [0.25, 0.3) is 0 Å². The SMILES string of the molecule is C=CC.[Th]. The predicted molar refractivity (Wildman–Crippen MR) is 15.9 cm³/mol. The Balaban J connectivity index is 0. The molecular formula is C3H6Th. The van der Waals surface area contributed by atoms with Crippen molar-refractivity contribution in [3.8, 4) is 0 Å². The fraction of sp³-hybridized carbons (Fsp3) is 0.333. The Bertz CT molecular complexity index is 10.8. The van der Waals surface area contributed by atoms with E-state index in [9.17, 15) is 0 Å². The van der Waals surface area contributed by atoms with Crippen molar-refractivity contribution in [2.24, 2.45) is 0 Å². The van der Waals surface area contributed by atoms with Crippen LogP contribution in [0.3, 0.4) is 0 Å². The molecule has 0 aliphatic carbocycles. The van der Waals surface area contributed by atoms with E-state index in [0.29, 0.717) is 0 Å². The zero-order chi connectivity index (χ0) is 2.71. The second-order valence-corrected chi connectivity index (χ2v) is 0.408. The van der Waals surface area contributed by atoms with Crippen LogP contribution in [0.4, 0.5) is 0 Å². The fourth-order valence-electron chi connectivity index (χ4n) is 0. The molecule has 0 aromatic heterocycles. The summed E-state index contributed by atoms with van der Waals surface area (Å²) in [4.78, 5) is 0. The molecule has 0 heterocycles. The van der Waals surface area contributed by atoms with Gasteiger partial charge in [0.05, 0.1) is 0 Å². The van der Waals surface area contributed by atoms with Crippen molar-refractivity contribution in [3.63, 3.8) is 0 Å². The summed E-state index contributed by atoms with van der Waals surface area (Å²) in [6.07, 6.45) is 1.75. The molecule has 0 aliphatic heterocycles. The second-order valence-electron chi connectivity index (χ2n) is 0.408. The molecule has 0 aromatic rings. The van der Waals surface area contributed by atoms with E-state index in [-0.39, 0.29) is 39.9 Å². The van der Waals surface area contributed by atoms with Crippen LogP contribution in [-0.2, 0) is 0 Å². The molecule has 0 saturated carbocycles. The van der Waals surface area contributed by atoms with E-state index in [1.165, 1.54) is 0 Å². The minimum absolute atomic E-state index is 0. The number of rotatable bonds is 0. The molecule has 0 fully saturated rings. The van der Waals surface area contributed by atoms with Gasteiger partial charge >= 0.3 is 0 Å². The van der Waals surface area contributed by atoms with E-state index in [4.69, 9.17) is 0 Å². The summed E-state index contributed by atoms with van der Waals surface area (Å²) >= 11 is 0. The molecule has 0 spiro atoms. The van der Waals surface area contributed by atoms with Crippen molar-refractivity contribution in [1.82, 2.24) is 0 Å². The topological polar surface area (TPSA) is 0 Å². The quantitative estimate of drug-likeness (QED) is 0.582. The standard InChI is InChI=1S/C3H6.Th/c1-3-2;/h3H,1H2,2H3;. The van der Waals surface area contributed by atoms with Crippen LogP contribution in [0, 0.1) is 39.9 Å². The van der Waals surface area contributed by atoms with Crippen molar-refractivity contribution in [3.05, 3.63) is 12.7 Å². The van der Waals surface area contributed by atoms with Crippen molar-refractivity contribution in [2.45, 2.75) is 6.92 Å². The first kappa shape index (κ1) is 8.91. The molecule has 0 aliphatic rings. The van der Waals surface area contributed by atoms with Crippen LogP contribution < -0.4 is 0 Å². The summed E-state index contributed by atoms with van der Waals surface area (Å²) in [5, 5.41) is 0. The second kappa shape index (κ2) is 8.96. The Morgan fingerprint density at radius 2 is 1.75 bits per heavy atom. The van der Waals surface area contributed by atoms with Crippen molar-refractivity contribution in [1.29, 1.82) is 0 Å². The van der Waals surface area contributed by atoms with Crippen LogP contribution >= 0.6 is 0 Å². The molecule has 1 heteroatoms. The molecule has 22 valence electrons. The van der Waals surface area contributed by atoms with E-state index in [1.54, 1.807) is 6.08 Å². The van der Waals surface area contributed by atoms with E-state index >= 15 is 0 Å². The third-order valence-corrected chi connectivity index (χ3v) is 0. The Morgan fingerprint density at radius 3 is 1.75 bits per heavy atom. The van der Waals surface area contributed by atoms with Crippen molar-refractivity contribution >= 4 is 0 Å². The third-order valence-electron chi connectivity index (χ3n) is 0. The summed E-state index contributed by atoms with van der Waals surface area (Å²) in [6.45, 7) is 5.25. The van der Waals surface area contributed by atoms with E-state index < -0.39 is 0 Å². The fourth-order valence-corrected chi connectivity index (χ4v) is 0. The average Bonchev–Trinajstić information content (AvgIpc) is 0.918. The van der Waals surface area contributed by atoms with Gasteiger partial charge in [-0.05, 0) is 6.92 Å². The molecule has 0 amide bonds.